The van der Waals surface area contributed by atoms with Gasteiger partial charge in [0, 0.05) is 11.3 Å². The maximum absolute atomic E-state index is 13.6. The number of rotatable bonds is 2. The SMILES string of the molecule is CCc1cc(-c2cc(F)ccc2F)ccc1N. The number of benzene rings is 2. The summed E-state index contributed by atoms with van der Waals surface area (Å²) in [7, 11) is 0. The van der Waals surface area contributed by atoms with Crippen molar-refractivity contribution in [1.29, 1.82) is 0 Å². The van der Waals surface area contributed by atoms with Crippen LogP contribution in [0.15, 0.2) is 36.4 Å². The minimum Gasteiger partial charge on any atom is -0.399 e. The Kier molecular flexibility index (Phi) is 3.09. The van der Waals surface area contributed by atoms with Crippen LogP contribution in [0.25, 0.3) is 11.1 Å². The fourth-order valence-electron chi connectivity index (χ4n) is 1.80. The van der Waals surface area contributed by atoms with Crippen molar-refractivity contribution >= 4 is 5.69 Å². The highest BCUT2D eigenvalue weighted by Crippen LogP contribution is 2.27. The Morgan fingerprint density at radius 1 is 1.06 bits per heavy atom. The lowest BCUT2D eigenvalue weighted by molar-refractivity contribution is 0.603. The summed E-state index contributed by atoms with van der Waals surface area (Å²) in [4.78, 5) is 0. The van der Waals surface area contributed by atoms with E-state index in [4.69, 9.17) is 5.73 Å². The molecule has 0 saturated carbocycles. The lowest BCUT2D eigenvalue weighted by atomic mass is 10.0. The molecular formula is C14H13F2N. The van der Waals surface area contributed by atoms with Crippen LogP contribution in [0, 0.1) is 11.6 Å². The van der Waals surface area contributed by atoms with Crippen molar-refractivity contribution in [1.82, 2.24) is 0 Å². The van der Waals surface area contributed by atoms with Crippen LogP contribution in [0.4, 0.5) is 14.5 Å². The number of halogens is 2. The molecule has 3 heteroatoms. The molecule has 0 amide bonds. The predicted molar refractivity (Wildman–Crippen MR) is 65.6 cm³/mol. The summed E-state index contributed by atoms with van der Waals surface area (Å²) in [5.74, 6) is -0.880. The van der Waals surface area contributed by atoms with E-state index in [9.17, 15) is 8.78 Å². The standard InChI is InChI=1S/C14H13F2N/c1-2-9-7-10(3-6-14(9)17)12-8-11(15)4-5-13(12)16/h3-8H,2,17H2,1H3. The van der Waals surface area contributed by atoms with Gasteiger partial charge in [0.1, 0.15) is 11.6 Å². The van der Waals surface area contributed by atoms with Crippen molar-refractivity contribution in [2.75, 3.05) is 5.73 Å². The first-order valence-corrected chi connectivity index (χ1v) is 5.45. The third kappa shape index (κ3) is 2.28. The van der Waals surface area contributed by atoms with Gasteiger partial charge in [0.15, 0.2) is 0 Å². The van der Waals surface area contributed by atoms with Gasteiger partial charge in [0.25, 0.3) is 0 Å². The van der Waals surface area contributed by atoms with Crippen molar-refractivity contribution in [2.45, 2.75) is 13.3 Å². The highest BCUT2D eigenvalue weighted by Gasteiger charge is 2.08. The Balaban J connectivity index is 2.56. The van der Waals surface area contributed by atoms with Crippen LogP contribution in [0.5, 0.6) is 0 Å². The van der Waals surface area contributed by atoms with Gasteiger partial charge in [-0.2, -0.15) is 0 Å². The lowest BCUT2D eigenvalue weighted by Crippen LogP contribution is -1.94. The van der Waals surface area contributed by atoms with Crippen LogP contribution in [-0.4, -0.2) is 0 Å². The number of nitrogen functional groups attached to an aromatic ring is 1. The number of hydrogen-bond acceptors (Lipinski definition) is 1. The molecule has 0 aliphatic carbocycles. The van der Waals surface area contributed by atoms with E-state index >= 15 is 0 Å². The first kappa shape index (κ1) is 11.6. The van der Waals surface area contributed by atoms with E-state index in [-0.39, 0.29) is 5.56 Å². The monoisotopic (exact) mass is 233 g/mol. The van der Waals surface area contributed by atoms with Gasteiger partial charge in [-0.1, -0.05) is 13.0 Å². The fraction of sp³-hybridized carbons (Fsp3) is 0.143. The molecule has 88 valence electrons. The van der Waals surface area contributed by atoms with Gasteiger partial charge >= 0.3 is 0 Å². The predicted octanol–water partition coefficient (Wildman–Crippen LogP) is 3.78. The Morgan fingerprint density at radius 3 is 2.53 bits per heavy atom. The van der Waals surface area contributed by atoms with Crippen molar-refractivity contribution < 1.29 is 8.78 Å². The number of nitrogens with two attached hydrogens (primary N) is 1. The molecule has 0 aliphatic heterocycles. The van der Waals surface area contributed by atoms with E-state index in [0.717, 1.165) is 24.1 Å². The maximum Gasteiger partial charge on any atom is 0.131 e. The smallest absolute Gasteiger partial charge is 0.131 e. The Bertz CT molecular complexity index is 550. The van der Waals surface area contributed by atoms with Crippen LogP contribution >= 0.6 is 0 Å². The average Bonchev–Trinajstić information content (AvgIpc) is 2.33. The molecule has 0 radical (unpaired) electrons. The molecular weight excluding hydrogens is 220 g/mol. The normalized spacial score (nSPS) is 10.5. The van der Waals surface area contributed by atoms with E-state index in [1.54, 1.807) is 18.2 Å². The van der Waals surface area contributed by atoms with Crippen LogP contribution in [0.2, 0.25) is 0 Å². The molecule has 0 saturated heterocycles. The van der Waals surface area contributed by atoms with Gasteiger partial charge < -0.3 is 5.73 Å². The Labute approximate surface area is 98.9 Å². The number of aryl methyl sites for hydroxylation is 1. The minimum atomic E-state index is -0.448. The zero-order valence-electron chi connectivity index (χ0n) is 9.50. The van der Waals surface area contributed by atoms with Crippen molar-refractivity contribution in [3.63, 3.8) is 0 Å². The maximum atomic E-state index is 13.6. The summed E-state index contributed by atoms with van der Waals surface area (Å²) < 4.78 is 26.7. The lowest BCUT2D eigenvalue weighted by Gasteiger charge is -2.08. The molecule has 0 unspecified atom stereocenters. The second-order valence-corrected chi connectivity index (χ2v) is 3.89. The van der Waals surface area contributed by atoms with E-state index < -0.39 is 11.6 Å². The average molecular weight is 233 g/mol. The molecule has 0 aliphatic rings. The zero-order chi connectivity index (χ0) is 12.4. The van der Waals surface area contributed by atoms with Gasteiger partial charge in [0.05, 0.1) is 0 Å². The summed E-state index contributed by atoms with van der Waals surface area (Å²) in [5, 5.41) is 0. The molecule has 2 rings (SSSR count). The van der Waals surface area contributed by atoms with Crippen LogP contribution in [-0.2, 0) is 6.42 Å². The fourth-order valence-corrected chi connectivity index (χ4v) is 1.80. The topological polar surface area (TPSA) is 26.0 Å². The first-order chi connectivity index (χ1) is 8.11. The molecule has 0 heterocycles. The summed E-state index contributed by atoms with van der Waals surface area (Å²) in [6.07, 6.45) is 0.761. The molecule has 0 spiro atoms. The molecule has 2 aromatic rings. The molecule has 0 bridgehead atoms. The molecule has 2 N–H and O–H groups in total. The quantitative estimate of drug-likeness (QED) is 0.785. The Hall–Kier alpha value is -1.90. The van der Waals surface area contributed by atoms with Crippen molar-refractivity contribution in [3.05, 3.63) is 53.6 Å². The van der Waals surface area contributed by atoms with E-state index in [1.807, 2.05) is 6.92 Å². The second kappa shape index (κ2) is 4.53. The Morgan fingerprint density at radius 2 is 1.82 bits per heavy atom. The van der Waals surface area contributed by atoms with Gasteiger partial charge in [-0.05, 0) is 47.9 Å². The second-order valence-electron chi connectivity index (χ2n) is 3.89. The summed E-state index contributed by atoms with van der Waals surface area (Å²) in [6.45, 7) is 1.97. The molecule has 0 fully saturated rings. The third-order valence-electron chi connectivity index (χ3n) is 2.76. The summed E-state index contributed by atoms with van der Waals surface area (Å²) in [6, 6.07) is 8.65. The van der Waals surface area contributed by atoms with Gasteiger partial charge in [-0.15, -0.1) is 0 Å². The highest BCUT2D eigenvalue weighted by atomic mass is 19.1. The first-order valence-electron chi connectivity index (χ1n) is 5.45. The largest absolute Gasteiger partial charge is 0.399 e. The van der Waals surface area contributed by atoms with Crippen molar-refractivity contribution in [2.24, 2.45) is 0 Å². The van der Waals surface area contributed by atoms with Gasteiger partial charge in [-0.25, -0.2) is 8.78 Å². The van der Waals surface area contributed by atoms with Crippen LogP contribution < -0.4 is 5.73 Å². The highest BCUT2D eigenvalue weighted by molar-refractivity contribution is 5.68. The number of hydrogen-bond donors (Lipinski definition) is 1. The van der Waals surface area contributed by atoms with E-state index in [0.29, 0.717) is 11.3 Å². The zero-order valence-corrected chi connectivity index (χ0v) is 9.50. The van der Waals surface area contributed by atoms with Gasteiger partial charge in [-0.3, -0.25) is 0 Å². The van der Waals surface area contributed by atoms with Crippen LogP contribution in [0.3, 0.4) is 0 Å². The molecule has 2 aromatic carbocycles. The summed E-state index contributed by atoms with van der Waals surface area (Å²) >= 11 is 0. The third-order valence-corrected chi connectivity index (χ3v) is 2.76. The van der Waals surface area contributed by atoms with Gasteiger partial charge in [0.2, 0.25) is 0 Å². The number of anilines is 1. The van der Waals surface area contributed by atoms with E-state index in [1.165, 1.54) is 6.07 Å². The molecule has 0 aromatic heterocycles. The minimum absolute atomic E-state index is 0.264. The van der Waals surface area contributed by atoms with Crippen molar-refractivity contribution in [3.8, 4) is 11.1 Å². The molecule has 0 atom stereocenters. The van der Waals surface area contributed by atoms with E-state index in [2.05, 4.69) is 0 Å². The molecule has 17 heavy (non-hydrogen) atoms. The van der Waals surface area contributed by atoms with Crippen LogP contribution in [0.1, 0.15) is 12.5 Å². The molecule has 1 nitrogen and oxygen atoms in total. The summed E-state index contributed by atoms with van der Waals surface area (Å²) in [5.41, 5.74) is 8.30.